The molecule has 2 unspecified atom stereocenters. The van der Waals surface area contributed by atoms with Crippen molar-refractivity contribution in [2.75, 3.05) is 39.5 Å². The van der Waals surface area contributed by atoms with Gasteiger partial charge in [0.25, 0.3) is 5.91 Å². The highest BCUT2D eigenvalue weighted by Crippen LogP contribution is 2.26. The lowest BCUT2D eigenvalue weighted by Gasteiger charge is -2.33. The number of thioether (sulfide) groups is 1. The maximum atomic E-state index is 13.2. The van der Waals surface area contributed by atoms with E-state index in [1.54, 1.807) is 11.7 Å². The minimum atomic E-state index is -0.606. The fraction of sp³-hybridized carbons (Fsp3) is 0.500. The van der Waals surface area contributed by atoms with Crippen molar-refractivity contribution in [3.05, 3.63) is 30.3 Å². The van der Waals surface area contributed by atoms with Crippen molar-refractivity contribution >= 4 is 35.5 Å². The number of para-hydroxylation sites is 1. The van der Waals surface area contributed by atoms with Crippen LogP contribution in [0, 0.1) is 5.92 Å². The molecule has 3 amide bonds. The Labute approximate surface area is 202 Å². The number of aromatic nitrogens is 4. The standard InChI is InChI=1S/C22H28N9O2S/c1-15-8-7-11-29(14-15)20-23-18-17(19(32)28(3)22(33)27(18)2)30(20)12-13-34-21-24-25-26-31(21)16-9-5-4-6-10-16/h4-6,9-10,15,17H,7-8,11-14H2,1-3H3/q+1. The molecule has 2 fully saturated rings. The fourth-order valence-electron chi connectivity index (χ4n) is 4.67. The van der Waals surface area contributed by atoms with Crippen LogP contribution < -0.4 is 0 Å². The number of urea groups is 1. The number of nitrogens with zero attached hydrogens (tertiary/aromatic N) is 9. The molecule has 11 nitrogen and oxygen atoms in total. The first-order valence-electron chi connectivity index (χ1n) is 11.4. The molecule has 2 atom stereocenters. The van der Waals surface area contributed by atoms with E-state index in [1.165, 1.54) is 35.0 Å². The van der Waals surface area contributed by atoms with Crippen LogP contribution in [0.1, 0.15) is 19.8 Å². The van der Waals surface area contributed by atoms with E-state index in [-0.39, 0.29) is 11.9 Å². The number of fused-ring (bicyclic) bond motifs is 1. The van der Waals surface area contributed by atoms with Crippen molar-refractivity contribution in [1.29, 1.82) is 0 Å². The van der Waals surface area contributed by atoms with E-state index >= 15 is 0 Å². The predicted molar refractivity (Wildman–Crippen MR) is 127 cm³/mol. The molecule has 0 bridgehead atoms. The highest BCUT2D eigenvalue weighted by molar-refractivity contribution is 7.99. The van der Waals surface area contributed by atoms with Gasteiger partial charge in [0.2, 0.25) is 17.0 Å². The largest absolute Gasteiger partial charge is 0.392 e. The normalized spacial score (nSPS) is 25.1. The predicted octanol–water partition coefficient (Wildman–Crippen LogP) is 1.16. The van der Waals surface area contributed by atoms with Crippen molar-refractivity contribution < 1.29 is 14.2 Å². The topological polar surface area (TPSA) is 103 Å². The number of hydrogen-bond donors (Lipinski definition) is 0. The molecule has 1 aromatic carbocycles. The summed E-state index contributed by atoms with van der Waals surface area (Å²) in [5, 5.41) is 12.8. The van der Waals surface area contributed by atoms with Gasteiger partial charge in [0.05, 0.1) is 25.3 Å². The molecule has 0 spiro atoms. The van der Waals surface area contributed by atoms with Gasteiger partial charge in [-0.15, -0.1) is 5.10 Å². The third-order valence-corrected chi connectivity index (χ3v) is 7.35. The van der Waals surface area contributed by atoms with Gasteiger partial charge >= 0.3 is 12.0 Å². The Balaban J connectivity index is 1.40. The van der Waals surface area contributed by atoms with Crippen molar-refractivity contribution in [3.63, 3.8) is 0 Å². The molecule has 34 heavy (non-hydrogen) atoms. The smallest absolute Gasteiger partial charge is 0.270 e. The van der Waals surface area contributed by atoms with Gasteiger partial charge in [-0.1, -0.05) is 41.9 Å². The molecule has 2 aromatic rings. The van der Waals surface area contributed by atoms with E-state index in [0.717, 1.165) is 31.2 Å². The van der Waals surface area contributed by atoms with Gasteiger partial charge in [-0.05, 0) is 41.3 Å². The molecule has 4 heterocycles. The molecule has 12 heteroatoms. The summed E-state index contributed by atoms with van der Waals surface area (Å²) in [5.74, 6) is 2.22. The van der Waals surface area contributed by atoms with Gasteiger partial charge < -0.3 is 0 Å². The number of likely N-dealkylation sites (N-methyl/N-ethyl adjacent to an activating group) is 2. The average Bonchev–Trinajstić information content (AvgIpc) is 3.47. The molecule has 0 N–H and O–H groups in total. The monoisotopic (exact) mass is 482 g/mol. The Hall–Kier alpha value is -3.28. The summed E-state index contributed by atoms with van der Waals surface area (Å²) in [6.45, 7) is 4.57. The van der Waals surface area contributed by atoms with E-state index in [2.05, 4.69) is 27.0 Å². The van der Waals surface area contributed by atoms with Gasteiger partial charge in [-0.2, -0.15) is 4.68 Å². The third-order valence-electron chi connectivity index (χ3n) is 6.45. The molecule has 1 aromatic heterocycles. The lowest BCUT2D eigenvalue weighted by atomic mass is 10.0. The van der Waals surface area contributed by atoms with Crippen molar-refractivity contribution in [3.8, 4) is 5.69 Å². The summed E-state index contributed by atoms with van der Waals surface area (Å²) >= 11 is 1.52. The van der Waals surface area contributed by atoms with Gasteiger partial charge in [-0.3, -0.25) is 19.2 Å². The first-order valence-corrected chi connectivity index (χ1v) is 12.4. The maximum Gasteiger partial charge on any atom is 0.392 e. The van der Waals surface area contributed by atoms with Crippen LogP contribution in [0.25, 0.3) is 5.69 Å². The number of rotatable bonds is 5. The number of benzene rings is 1. The average molecular weight is 483 g/mol. The summed E-state index contributed by atoms with van der Waals surface area (Å²) in [6, 6.07) is 8.78. The number of carbonyl (C=O) groups is 2. The zero-order valence-corrected chi connectivity index (χ0v) is 20.4. The number of aliphatic imine (C=N–C) groups is 1. The number of piperidine rings is 1. The summed E-state index contributed by atoms with van der Waals surface area (Å²) in [4.78, 5) is 35.3. The molecule has 2 saturated heterocycles. The number of tetrazole rings is 1. The minimum absolute atomic E-state index is 0.249. The van der Waals surface area contributed by atoms with Gasteiger partial charge in [0, 0.05) is 19.8 Å². The van der Waals surface area contributed by atoms with E-state index in [0.29, 0.717) is 29.2 Å². The molecule has 3 aliphatic rings. The highest BCUT2D eigenvalue weighted by Gasteiger charge is 2.55. The summed E-state index contributed by atoms with van der Waals surface area (Å²) in [6.07, 6.45) is 2.26. The van der Waals surface area contributed by atoms with Crippen molar-refractivity contribution in [1.82, 2.24) is 34.9 Å². The number of guanidine groups is 1. The van der Waals surface area contributed by atoms with Crippen molar-refractivity contribution in [2.45, 2.75) is 31.0 Å². The molecule has 0 radical (unpaired) electrons. The van der Waals surface area contributed by atoms with Crippen LogP contribution in [-0.2, 0) is 4.79 Å². The molecular formula is C22H28N9O2S+. The Bertz CT molecular complexity index is 1160. The Morgan fingerprint density at radius 2 is 1.94 bits per heavy atom. The maximum absolute atomic E-state index is 13.2. The first-order chi connectivity index (χ1) is 16.5. The van der Waals surface area contributed by atoms with E-state index < -0.39 is 6.04 Å². The van der Waals surface area contributed by atoms with Gasteiger partial charge in [0.1, 0.15) is 0 Å². The van der Waals surface area contributed by atoms with Crippen LogP contribution in [0.4, 0.5) is 4.79 Å². The first kappa shape index (κ1) is 22.5. The fourth-order valence-corrected chi connectivity index (χ4v) is 5.50. The minimum Gasteiger partial charge on any atom is -0.270 e. The molecule has 3 aliphatic heterocycles. The quantitative estimate of drug-likeness (QED) is 0.465. The van der Waals surface area contributed by atoms with E-state index in [9.17, 15) is 9.59 Å². The summed E-state index contributed by atoms with van der Waals surface area (Å²) in [7, 11) is 3.21. The molecule has 5 rings (SSSR count). The summed E-state index contributed by atoms with van der Waals surface area (Å²) < 4.78 is 3.96. The van der Waals surface area contributed by atoms with Gasteiger partial charge in [0.15, 0.2) is 0 Å². The Morgan fingerprint density at radius 1 is 1.15 bits per heavy atom. The number of carbonyl (C=O) groups excluding carboxylic acids is 2. The highest BCUT2D eigenvalue weighted by atomic mass is 32.2. The van der Waals surface area contributed by atoms with Crippen LogP contribution >= 0.6 is 11.8 Å². The van der Waals surface area contributed by atoms with Crippen LogP contribution in [-0.4, -0.2) is 109 Å². The number of amidine groups is 1. The third kappa shape index (κ3) is 3.95. The SMILES string of the molecule is CC1CCC[N+](=C2N=C3C(C(=O)N(C)C(=O)N3C)N2CCSc2nnnn2-c2ccccc2)C1. The zero-order valence-electron chi connectivity index (χ0n) is 19.5. The molecule has 0 saturated carbocycles. The second-order valence-electron chi connectivity index (χ2n) is 8.86. The number of hydrogen-bond acceptors (Lipinski definition) is 6. The van der Waals surface area contributed by atoms with Crippen LogP contribution in [0.15, 0.2) is 40.5 Å². The van der Waals surface area contributed by atoms with Crippen molar-refractivity contribution in [2.24, 2.45) is 10.9 Å². The lowest BCUT2D eigenvalue weighted by Crippen LogP contribution is -2.63. The van der Waals surface area contributed by atoms with E-state index in [4.69, 9.17) is 4.99 Å². The molecule has 178 valence electrons. The van der Waals surface area contributed by atoms with Gasteiger partial charge in [-0.25, -0.2) is 9.69 Å². The lowest BCUT2D eigenvalue weighted by molar-refractivity contribution is -0.550. The second kappa shape index (κ2) is 9.16. The second-order valence-corrected chi connectivity index (χ2v) is 9.92. The Kier molecular flexibility index (Phi) is 6.07. The van der Waals surface area contributed by atoms with E-state index in [1.807, 2.05) is 35.2 Å². The van der Waals surface area contributed by atoms with Crippen LogP contribution in [0.3, 0.4) is 0 Å². The molecule has 0 aliphatic carbocycles. The Morgan fingerprint density at radius 3 is 2.71 bits per heavy atom. The zero-order chi connectivity index (χ0) is 23.8. The van der Waals surface area contributed by atoms with Crippen LogP contribution in [0.2, 0.25) is 0 Å². The summed E-state index contributed by atoms with van der Waals surface area (Å²) in [5.41, 5.74) is 0.889. The molecular weight excluding hydrogens is 454 g/mol. The van der Waals surface area contributed by atoms with Crippen LogP contribution in [0.5, 0.6) is 0 Å². The number of imide groups is 1. The number of amides is 3.